The molecule has 1 saturated carbocycles. The van der Waals surface area contributed by atoms with E-state index in [4.69, 9.17) is 0 Å². The summed E-state index contributed by atoms with van der Waals surface area (Å²) in [5, 5.41) is 7.83. The van der Waals surface area contributed by atoms with E-state index in [1.54, 1.807) is 6.33 Å². The molecule has 94 valence electrons. The number of hydrogen-bond acceptors (Lipinski definition) is 3. The Bertz CT molecular complexity index is 555. The summed E-state index contributed by atoms with van der Waals surface area (Å²) in [6.07, 6.45) is 4.21. The highest BCUT2D eigenvalue weighted by atomic mass is 15.3. The Kier molecular flexibility index (Phi) is 2.88. The summed E-state index contributed by atoms with van der Waals surface area (Å²) in [6.45, 7) is 4.99. The Morgan fingerprint density at radius 1 is 1.33 bits per heavy atom. The van der Waals surface area contributed by atoms with Crippen molar-refractivity contribution in [2.75, 3.05) is 0 Å². The Labute approximate surface area is 107 Å². The molecule has 0 spiro atoms. The molecule has 0 amide bonds. The summed E-state index contributed by atoms with van der Waals surface area (Å²) >= 11 is 0. The van der Waals surface area contributed by atoms with Crippen LogP contribution in [0.2, 0.25) is 0 Å². The first-order chi connectivity index (χ1) is 8.74. The first-order valence-electron chi connectivity index (χ1n) is 6.44. The third-order valence-corrected chi connectivity index (χ3v) is 3.34. The molecule has 1 aromatic heterocycles. The predicted octanol–water partition coefficient (Wildman–Crippen LogP) is 2.14. The van der Waals surface area contributed by atoms with Crippen molar-refractivity contribution in [2.45, 2.75) is 39.3 Å². The van der Waals surface area contributed by atoms with Gasteiger partial charge in [-0.15, -0.1) is 0 Å². The van der Waals surface area contributed by atoms with Crippen molar-refractivity contribution in [3.8, 4) is 5.69 Å². The van der Waals surface area contributed by atoms with E-state index in [0.29, 0.717) is 6.04 Å². The van der Waals surface area contributed by atoms with E-state index in [2.05, 4.69) is 47.4 Å². The number of aryl methyl sites for hydroxylation is 2. The fraction of sp³-hybridized carbons (Fsp3) is 0.429. The van der Waals surface area contributed by atoms with Crippen LogP contribution in [-0.2, 0) is 6.54 Å². The van der Waals surface area contributed by atoms with E-state index in [1.807, 2.05) is 4.68 Å². The number of rotatable bonds is 4. The number of aromatic nitrogens is 3. The Morgan fingerprint density at radius 3 is 2.94 bits per heavy atom. The first kappa shape index (κ1) is 11.4. The van der Waals surface area contributed by atoms with Crippen molar-refractivity contribution in [1.82, 2.24) is 20.1 Å². The second-order valence-corrected chi connectivity index (χ2v) is 5.03. The van der Waals surface area contributed by atoms with Gasteiger partial charge in [-0.05, 0) is 43.9 Å². The molecule has 0 radical (unpaired) electrons. The standard InChI is InChI=1S/C14H18N4/c1-10-3-4-11(2)13(7-10)18-14(16-9-17-18)8-15-12-5-6-12/h3-4,7,9,12,15H,5-6,8H2,1-2H3. The summed E-state index contributed by atoms with van der Waals surface area (Å²) in [5.74, 6) is 0.982. The van der Waals surface area contributed by atoms with E-state index in [1.165, 1.54) is 24.0 Å². The van der Waals surface area contributed by atoms with Crippen LogP contribution in [0.4, 0.5) is 0 Å². The molecular formula is C14H18N4. The molecule has 0 bridgehead atoms. The van der Waals surface area contributed by atoms with Gasteiger partial charge in [-0.25, -0.2) is 9.67 Å². The van der Waals surface area contributed by atoms with Crippen molar-refractivity contribution in [2.24, 2.45) is 0 Å². The van der Waals surface area contributed by atoms with Gasteiger partial charge >= 0.3 is 0 Å². The highest BCUT2D eigenvalue weighted by Gasteiger charge is 2.21. The summed E-state index contributed by atoms with van der Waals surface area (Å²) in [5.41, 5.74) is 3.59. The van der Waals surface area contributed by atoms with Crippen LogP contribution in [-0.4, -0.2) is 20.8 Å². The molecule has 1 fully saturated rings. The van der Waals surface area contributed by atoms with Crippen molar-refractivity contribution < 1.29 is 0 Å². The summed E-state index contributed by atoms with van der Waals surface area (Å²) in [6, 6.07) is 7.10. The van der Waals surface area contributed by atoms with Crippen LogP contribution in [0, 0.1) is 13.8 Å². The second-order valence-electron chi connectivity index (χ2n) is 5.03. The van der Waals surface area contributed by atoms with Crippen molar-refractivity contribution in [3.63, 3.8) is 0 Å². The minimum Gasteiger partial charge on any atom is -0.307 e. The van der Waals surface area contributed by atoms with Gasteiger partial charge in [0.2, 0.25) is 0 Å². The second kappa shape index (κ2) is 4.53. The van der Waals surface area contributed by atoms with Crippen LogP contribution in [0.5, 0.6) is 0 Å². The lowest BCUT2D eigenvalue weighted by atomic mass is 10.1. The van der Waals surface area contributed by atoms with Gasteiger partial charge < -0.3 is 5.32 Å². The first-order valence-corrected chi connectivity index (χ1v) is 6.44. The van der Waals surface area contributed by atoms with E-state index >= 15 is 0 Å². The molecule has 0 aliphatic heterocycles. The van der Waals surface area contributed by atoms with Gasteiger partial charge in [0.15, 0.2) is 0 Å². The molecule has 0 saturated heterocycles. The lowest BCUT2D eigenvalue weighted by Crippen LogP contribution is -2.19. The maximum Gasteiger partial charge on any atom is 0.146 e. The van der Waals surface area contributed by atoms with Crippen molar-refractivity contribution in [1.29, 1.82) is 0 Å². The summed E-state index contributed by atoms with van der Waals surface area (Å²) in [7, 11) is 0. The van der Waals surface area contributed by atoms with Crippen LogP contribution in [0.3, 0.4) is 0 Å². The Morgan fingerprint density at radius 2 is 2.17 bits per heavy atom. The van der Waals surface area contributed by atoms with Crippen LogP contribution in [0.25, 0.3) is 5.69 Å². The van der Waals surface area contributed by atoms with Gasteiger partial charge in [-0.3, -0.25) is 0 Å². The van der Waals surface area contributed by atoms with E-state index in [9.17, 15) is 0 Å². The van der Waals surface area contributed by atoms with Crippen molar-refractivity contribution in [3.05, 3.63) is 41.5 Å². The fourth-order valence-electron chi connectivity index (χ4n) is 2.06. The average molecular weight is 242 g/mol. The number of nitrogens with one attached hydrogen (secondary N) is 1. The summed E-state index contributed by atoms with van der Waals surface area (Å²) in [4.78, 5) is 4.35. The van der Waals surface area contributed by atoms with E-state index in [-0.39, 0.29) is 0 Å². The van der Waals surface area contributed by atoms with Gasteiger partial charge in [0.1, 0.15) is 12.2 Å². The monoisotopic (exact) mass is 242 g/mol. The Balaban J connectivity index is 1.90. The largest absolute Gasteiger partial charge is 0.307 e. The molecule has 4 nitrogen and oxygen atoms in total. The topological polar surface area (TPSA) is 42.7 Å². The molecule has 1 aliphatic carbocycles. The van der Waals surface area contributed by atoms with Crippen LogP contribution in [0.1, 0.15) is 29.8 Å². The molecule has 1 aromatic carbocycles. The molecule has 1 N–H and O–H groups in total. The van der Waals surface area contributed by atoms with Gasteiger partial charge in [0, 0.05) is 6.04 Å². The molecule has 0 atom stereocenters. The van der Waals surface area contributed by atoms with Gasteiger partial charge in [0.05, 0.1) is 12.2 Å². The number of hydrogen-bond donors (Lipinski definition) is 1. The number of benzene rings is 1. The normalized spacial score (nSPS) is 15.0. The molecular weight excluding hydrogens is 224 g/mol. The zero-order valence-electron chi connectivity index (χ0n) is 10.8. The van der Waals surface area contributed by atoms with Gasteiger partial charge in [-0.1, -0.05) is 12.1 Å². The highest BCUT2D eigenvalue weighted by molar-refractivity contribution is 5.42. The highest BCUT2D eigenvalue weighted by Crippen LogP contribution is 2.20. The molecule has 18 heavy (non-hydrogen) atoms. The van der Waals surface area contributed by atoms with Gasteiger partial charge in [0.25, 0.3) is 0 Å². The van der Waals surface area contributed by atoms with Crippen LogP contribution in [0.15, 0.2) is 24.5 Å². The minimum atomic E-state index is 0.689. The SMILES string of the molecule is Cc1ccc(C)c(-n2ncnc2CNC2CC2)c1. The lowest BCUT2D eigenvalue weighted by Gasteiger charge is -2.10. The van der Waals surface area contributed by atoms with Crippen molar-refractivity contribution >= 4 is 0 Å². The molecule has 1 heterocycles. The molecule has 1 aliphatic rings. The predicted molar refractivity (Wildman–Crippen MR) is 70.7 cm³/mol. The van der Waals surface area contributed by atoms with E-state index < -0.39 is 0 Å². The molecule has 3 rings (SSSR count). The lowest BCUT2D eigenvalue weighted by molar-refractivity contribution is 0.637. The third kappa shape index (κ3) is 2.29. The zero-order valence-corrected chi connectivity index (χ0v) is 10.8. The molecule has 4 heteroatoms. The summed E-state index contributed by atoms with van der Waals surface area (Å²) < 4.78 is 1.94. The minimum absolute atomic E-state index is 0.689. The fourth-order valence-corrected chi connectivity index (χ4v) is 2.06. The quantitative estimate of drug-likeness (QED) is 0.893. The van der Waals surface area contributed by atoms with Crippen LogP contribution < -0.4 is 5.32 Å². The van der Waals surface area contributed by atoms with Crippen LogP contribution >= 0.6 is 0 Å². The van der Waals surface area contributed by atoms with E-state index in [0.717, 1.165) is 18.1 Å². The molecule has 0 unspecified atom stereocenters. The molecule has 2 aromatic rings. The smallest absolute Gasteiger partial charge is 0.146 e. The third-order valence-electron chi connectivity index (χ3n) is 3.34. The number of nitrogens with zero attached hydrogens (tertiary/aromatic N) is 3. The Hall–Kier alpha value is -1.68. The van der Waals surface area contributed by atoms with Gasteiger partial charge in [-0.2, -0.15) is 5.10 Å². The maximum absolute atomic E-state index is 4.35. The maximum atomic E-state index is 4.35. The average Bonchev–Trinajstić information content (AvgIpc) is 3.08. The zero-order chi connectivity index (χ0) is 12.5.